The van der Waals surface area contributed by atoms with E-state index in [0.717, 1.165) is 41.7 Å². The minimum absolute atomic E-state index is 0.0570. The van der Waals surface area contributed by atoms with Crippen molar-refractivity contribution in [1.29, 1.82) is 0 Å². The summed E-state index contributed by atoms with van der Waals surface area (Å²) in [5.41, 5.74) is 1.23. The van der Waals surface area contributed by atoms with Crippen LogP contribution in [0.25, 0.3) is 16.3 Å². The zero-order valence-corrected chi connectivity index (χ0v) is 18.6. The monoisotopic (exact) mass is 453 g/mol. The summed E-state index contributed by atoms with van der Waals surface area (Å²) in [7, 11) is 0. The van der Waals surface area contributed by atoms with Crippen molar-refractivity contribution < 1.29 is 13.2 Å². The number of rotatable bonds is 6. The molecule has 0 fully saturated rings. The summed E-state index contributed by atoms with van der Waals surface area (Å²) in [4.78, 5) is 8.71. The molecule has 1 atom stereocenters. The molecule has 1 N–H and O–H groups in total. The molecular weight excluding hydrogens is 427 g/mol. The Bertz CT molecular complexity index is 1220. The van der Waals surface area contributed by atoms with Crippen LogP contribution in [0.3, 0.4) is 0 Å². The largest absolute Gasteiger partial charge is 0.416 e. The van der Waals surface area contributed by atoms with Crippen molar-refractivity contribution >= 4 is 22.2 Å². The van der Waals surface area contributed by atoms with Gasteiger partial charge in [-0.2, -0.15) is 18.3 Å². The van der Waals surface area contributed by atoms with Crippen LogP contribution in [0, 0.1) is 0 Å². The van der Waals surface area contributed by atoms with Gasteiger partial charge in [-0.25, -0.2) is 4.98 Å². The van der Waals surface area contributed by atoms with Crippen molar-refractivity contribution in [2.45, 2.75) is 51.9 Å². The van der Waals surface area contributed by atoms with Crippen molar-refractivity contribution in [3.63, 3.8) is 0 Å². The van der Waals surface area contributed by atoms with Gasteiger partial charge in [0, 0.05) is 36.1 Å². The first-order valence-corrected chi connectivity index (χ1v) is 11.1. The van der Waals surface area contributed by atoms with Gasteiger partial charge in [0.1, 0.15) is 5.82 Å². The minimum atomic E-state index is -4.42. The average Bonchev–Trinajstić information content (AvgIpc) is 3.23. The maximum Gasteiger partial charge on any atom is 0.416 e. The molecule has 0 bridgehead atoms. The molecule has 3 aromatic rings. The van der Waals surface area contributed by atoms with E-state index in [4.69, 9.17) is 0 Å². The van der Waals surface area contributed by atoms with E-state index in [9.17, 15) is 13.2 Å². The number of aromatic nitrogens is 4. The Morgan fingerprint density at radius 3 is 2.85 bits per heavy atom. The van der Waals surface area contributed by atoms with Crippen molar-refractivity contribution in [1.82, 2.24) is 19.7 Å². The molecule has 0 aromatic carbocycles. The molecule has 1 aliphatic rings. The zero-order chi connectivity index (χ0) is 23.4. The molecule has 0 saturated heterocycles. The van der Waals surface area contributed by atoms with Gasteiger partial charge in [-0.3, -0.25) is 9.67 Å². The van der Waals surface area contributed by atoms with E-state index >= 15 is 0 Å². The lowest BCUT2D eigenvalue weighted by molar-refractivity contribution is -0.0883. The minimum Gasteiger partial charge on any atom is -0.361 e. The molecule has 5 nitrogen and oxygen atoms in total. The molecule has 0 amide bonds. The Kier molecular flexibility index (Phi) is 6.62. The number of hydrogen-bond acceptors (Lipinski definition) is 4. The molecule has 4 rings (SSSR count). The Labute approximate surface area is 190 Å². The smallest absolute Gasteiger partial charge is 0.361 e. The lowest BCUT2D eigenvalue weighted by atomic mass is 10.0. The SMILES string of the molecule is C\C=C/C(=C\C(=C\CC)C(F)(F)F)c1cc2n(n1)CCCC2Nc1nccc2ccncc12. The normalized spacial score (nSPS) is 17.5. The number of halogens is 3. The third kappa shape index (κ3) is 4.99. The van der Waals surface area contributed by atoms with E-state index in [1.54, 1.807) is 44.6 Å². The van der Waals surface area contributed by atoms with Gasteiger partial charge in [0.15, 0.2) is 0 Å². The quantitative estimate of drug-likeness (QED) is 0.426. The molecular formula is C25H26F3N5. The highest BCUT2D eigenvalue weighted by Crippen LogP contribution is 2.34. The molecule has 0 aliphatic carbocycles. The van der Waals surface area contributed by atoms with Crippen LogP contribution in [-0.2, 0) is 6.54 Å². The molecule has 0 saturated carbocycles. The summed E-state index contributed by atoms with van der Waals surface area (Å²) < 4.78 is 42.4. The van der Waals surface area contributed by atoms with Crippen molar-refractivity contribution in [3.8, 4) is 0 Å². The van der Waals surface area contributed by atoms with Gasteiger partial charge in [0.25, 0.3) is 0 Å². The fraction of sp³-hybridized carbons (Fsp3) is 0.320. The highest BCUT2D eigenvalue weighted by Gasteiger charge is 2.32. The van der Waals surface area contributed by atoms with Crippen LogP contribution in [0.2, 0.25) is 0 Å². The standard InChI is InChI=1S/C25H26F3N5/c1-3-6-18(14-19(7-4-2)25(26,27)28)22-15-23-21(8-5-13-33(23)32-22)31-24-20-16-29-11-9-17(20)10-12-30-24/h3,6-7,9-12,14-16,21H,4-5,8,13H2,1-2H3,(H,30,31)/b6-3-,18-14+,19-7-. The number of alkyl halides is 3. The lowest BCUT2D eigenvalue weighted by Gasteiger charge is -2.25. The second-order valence-electron chi connectivity index (χ2n) is 7.94. The summed E-state index contributed by atoms with van der Waals surface area (Å²) in [6, 6.07) is 5.69. The summed E-state index contributed by atoms with van der Waals surface area (Å²) >= 11 is 0. The van der Waals surface area contributed by atoms with Crippen LogP contribution in [-0.4, -0.2) is 25.9 Å². The predicted octanol–water partition coefficient (Wildman–Crippen LogP) is 6.63. The number of aryl methyl sites for hydroxylation is 1. The molecule has 1 unspecified atom stereocenters. The third-order valence-electron chi connectivity index (χ3n) is 5.61. The maximum absolute atomic E-state index is 13.5. The summed E-state index contributed by atoms with van der Waals surface area (Å²) in [5, 5.41) is 10.1. The second-order valence-corrected chi connectivity index (χ2v) is 7.94. The second kappa shape index (κ2) is 9.60. The number of hydrogen-bond donors (Lipinski definition) is 1. The van der Waals surface area contributed by atoms with Crippen molar-refractivity contribution in [2.24, 2.45) is 0 Å². The van der Waals surface area contributed by atoms with Gasteiger partial charge in [-0.05, 0) is 55.8 Å². The van der Waals surface area contributed by atoms with Crippen molar-refractivity contribution in [2.75, 3.05) is 5.32 Å². The van der Waals surface area contributed by atoms with Gasteiger partial charge in [-0.1, -0.05) is 25.2 Å². The first kappa shape index (κ1) is 22.8. The van der Waals surface area contributed by atoms with Gasteiger partial charge in [0.2, 0.25) is 0 Å². The fourth-order valence-corrected chi connectivity index (χ4v) is 4.09. The first-order chi connectivity index (χ1) is 15.9. The molecule has 1 aliphatic heterocycles. The van der Waals surface area contributed by atoms with Gasteiger partial charge in [0.05, 0.1) is 23.0 Å². The summed E-state index contributed by atoms with van der Waals surface area (Å²) in [6.07, 6.45) is 8.71. The Hall–Kier alpha value is -3.42. The van der Waals surface area contributed by atoms with Gasteiger partial charge in [-0.15, -0.1) is 0 Å². The molecule has 0 radical (unpaired) electrons. The van der Waals surface area contributed by atoms with E-state index in [2.05, 4.69) is 20.4 Å². The highest BCUT2D eigenvalue weighted by molar-refractivity contribution is 5.90. The van der Waals surface area contributed by atoms with E-state index < -0.39 is 11.7 Å². The van der Waals surface area contributed by atoms with Crippen LogP contribution >= 0.6 is 0 Å². The zero-order valence-electron chi connectivity index (χ0n) is 18.6. The number of anilines is 1. The van der Waals surface area contributed by atoms with Crippen LogP contribution < -0.4 is 5.32 Å². The van der Waals surface area contributed by atoms with E-state index in [1.165, 1.54) is 12.2 Å². The van der Waals surface area contributed by atoms with Crippen LogP contribution in [0.15, 0.2) is 66.7 Å². The first-order valence-electron chi connectivity index (χ1n) is 11.1. The topological polar surface area (TPSA) is 55.6 Å². The molecule has 172 valence electrons. The number of nitrogens with zero attached hydrogens (tertiary/aromatic N) is 4. The van der Waals surface area contributed by atoms with Crippen LogP contribution in [0.5, 0.6) is 0 Å². The average molecular weight is 454 g/mol. The summed E-state index contributed by atoms with van der Waals surface area (Å²) in [5.74, 6) is 0.733. The Morgan fingerprint density at radius 1 is 1.27 bits per heavy atom. The molecule has 8 heteroatoms. The molecule has 33 heavy (non-hydrogen) atoms. The van der Waals surface area contributed by atoms with E-state index in [0.29, 0.717) is 17.7 Å². The van der Waals surface area contributed by atoms with E-state index in [1.807, 2.05) is 22.9 Å². The molecule has 0 spiro atoms. The third-order valence-corrected chi connectivity index (χ3v) is 5.61. The van der Waals surface area contributed by atoms with Gasteiger partial charge < -0.3 is 5.32 Å². The maximum atomic E-state index is 13.5. The van der Waals surface area contributed by atoms with Crippen molar-refractivity contribution in [3.05, 3.63) is 78.1 Å². The summed E-state index contributed by atoms with van der Waals surface area (Å²) in [6.45, 7) is 4.20. The fourth-order valence-electron chi connectivity index (χ4n) is 4.09. The van der Waals surface area contributed by atoms with E-state index in [-0.39, 0.29) is 6.04 Å². The number of fused-ring (bicyclic) bond motifs is 2. The number of nitrogens with one attached hydrogen (secondary N) is 1. The number of allylic oxidation sites excluding steroid dienone is 6. The Balaban J connectivity index is 1.70. The molecule has 4 heterocycles. The van der Waals surface area contributed by atoms with Gasteiger partial charge >= 0.3 is 6.18 Å². The number of pyridine rings is 2. The van der Waals surface area contributed by atoms with Crippen LogP contribution in [0.4, 0.5) is 19.0 Å². The highest BCUT2D eigenvalue weighted by atomic mass is 19.4. The Morgan fingerprint density at radius 2 is 2.09 bits per heavy atom. The molecule has 3 aromatic heterocycles. The predicted molar refractivity (Wildman–Crippen MR) is 125 cm³/mol. The van der Waals surface area contributed by atoms with Crippen LogP contribution in [0.1, 0.15) is 50.5 Å². The lowest BCUT2D eigenvalue weighted by Crippen LogP contribution is -2.22.